The van der Waals surface area contributed by atoms with E-state index in [0.29, 0.717) is 0 Å². The minimum absolute atomic E-state index is 1.02. The summed E-state index contributed by atoms with van der Waals surface area (Å²) in [5.74, 6) is 0. The van der Waals surface area contributed by atoms with Gasteiger partial charge in [-0.25, -0.2) is 0 Å². The maximum absolute atomic E-state index is 4.34. The molecule has 0 amide bonds. The van der Waals surface area contributed by atoms with Crippen molar-refractivity contribution in [3.63, 3.8) is 0 Å². The first-order valence-electron chi connectivity index (χ1n) is 25.9. The number of benzene rings is 12. The third-order valence-electron chi connectivity index (χ3n) is 16.1. The standard InChI is InChI=1S/C60H38N2.C13H10/c1-3-47-49-29-23-42(34-53(49)51-17-10-11-37(2)59(47)51)39-19-26-45(27-20-39)62-58-32-25-44(36-55(58)52-30-22-40-13-6-7-15-48(40)60(52)62)43-24-31-57-54(35-43)50-16-8-9-18-56(50)61(57)46-28-21-38-12-4-5-14-41(38)33-46;1-9-8-11-6-2-4-10-5-3-7-12(9)13(10)11/h3-36H,1-2H2;2-7H,1,8H2. The van der Waals surface area contributed by atoms with Crippen molar-refractivity contribution in [2.24, 2.45) is 0 Å². The number of fused-ring (bicyclic) bond motifs is 12. The van der Waals surface area contributed by atoms with Gasteiger partial charge >= 0.3 is 0 Å². The Labute approximate surface area is 434 Å². The lowest BCUT2D eigenvalue weighted by Crippen LogP contribution is -2.24. The predicted molar refractivity (Wildman–Crippen MR) is 321 cm³/mol. The van der Waals surface area contributed by atoms with Crippen molar-refractivity contribution in [3.05, 3.63) is 283 Å². The van der Waals surface area contributed by atoms with Crippen LogP contribution in [0.15, 0.2) is 256 Å². The largest absolute Gasteiger partial charge is 0.309 e. The molecule has 0 unspecified atom stereocenters. The number of para-hydroxylation sites is 1. The van der Waals surface area contributed by atoms with E-state index in [0.717, 1.165) is 22.9 Å². The average molecular weight is 953 g/mol. The SMILES string of the molecule is C=C1Cc2cccc3cccc1c23.C=CC1=c2c(cccc2=C)-c2cc(-c3ccc(-n4c5ccc(-c6ccc7c(c6)c6ccccc6n7-c6ccc7ccccc7c6)cc5c5ccc6ccccc6c54)cc3)ccc21. The maximum atomic E-state index is 4.34. The normalized spacial score (nSPS) is 12.6. The molecule has 0 bridgehead atoms. The van der Waals surface area contributed by atoms with E-state index in [1.807, 2.05) is 6.08 Å². The van der Waals surface area contributed by atoms with Gasteiger partial charge in [0.05, 0.1) is 22.1 Å². The van der Waals surface area contributed by atoms with Gasteiger partial charge in [0.25, 0.3) is 0 Å². The molecular formula is C73H48N2. The zero-order valence-corrected chi connectivity index (χ0v) is 41.3. The molecule has 2 heterocycles. The fourth-order valence-electron chi connectivity index (χ4n) is 12.6. The molecule has 12 aromatic carbocycles. The van der Waals surface area contributed by atoms with Crippen LogP contribution in [0, 0.1) is 0 Å². The molecule has 0 spiro atoms. The molecule has 2 heteroatoms. The molecule has 75 heavy (non-hydrogen) atoms. The third kappa shape index (κ3) is 6.60. The molecule has 0 fully saturated rings. The maximum Gasteiger partial charge on any atom is 0.0619 e. The summed E-state index contributed by atoms with van der Waals surface area (Å²) in [5.41, 5.74) is 20.8. The third-order valence-corrected chi connectivity index (χ3v) is 16.1. The van der Waals surface area contributed by atoms with Gasteiger partial charge in [0.15, 0.2) is 0 Å². The molecular weight excluding hydrogens is 905 g/mol. The minimum Gasteiger partial charge on any atom is -0.309 e. The summed E-state index contributed by atoms with van der Waals surface area (Å²) in [5, 5.41) is 14.9. The highest BCUT2D eigenvalue weighted by Gasteiger charge is 2.22. The van der Waals surface area contributed by atoms with Crippen LogP contribution in [0.4, 0.5) is 0 Å². The van der Waals surface area contributed by atoms with Crippen LogP contribution in [0.5, 0.6) is 0 Å². The molecule has 2 aliphatic rings. The summed E-state index contributed by atoms with van der Waals surface area (Å²) >= 11 is 0. The van der Waals surface area contributed by atoms with Gasteiger partial charge in [0, 0.05) is 38.3 Å². The van der Waals surface area contributed by atoms with Gasteiger partial charge in [-0.05, 0) is 166 Å². The van der Waals surface area contributed by atoms with E-state index < -0.39 is 0 Å². The zero-order valence-electron chi connectivity index (χ0n) is 41.3. The summed E-state index contributed by atoms with van der Waals surface area (Å²) in [6.07, 6.45) is 2.99. The summed E-state index contributed by atoms with van der Waals surface area (Å²) in [4.78, 5) is 0. The summed E-state index contributed by atoms with van der Waals surface area (Å²) < 4.78 is 4.87. The summed E-state index contributed by atoms with van der Waals surface area (Å²) in [6, 6.07) is 86.7. The number of allylic oxidation sites excluding steroid dienone is 2. The highest BCUT2D eigenvalue weighted by Crippen LogP contribution is 2.42. The number of hydrogen-bond acceptors (Lipinski definition) is 0. The smallest absolute Gasteiger partial charge is 0.0619 e. The van der Waals surface area contributed by atoms with Crippen LogP contribution in [0.25, 0.3) is 138 Å². The molecule has 2 aliphatic carbocycles. The van der Waals surface area contributed by atoms with Crippen molar-refractivity contribution in [2.75, 3.05) is 0 Å². The van der Waals surface area contributed by atoms with Crippen molar-refractivity contribution < 1.29 is 0 Å². The van der Waals surface area contributed by atoms with Crippen molar-refractivity contribution in [3.8, 4) is 44.8 Å². The second-order valence-electron chi connectivity index (χ2n) is 20.2. The van der Waals surface area contributed by atoms with Crippen LogP contribution >= 0.6 is 0 Å². The lowest BCUT2D eigenvalue weighted by atomic mass is 9.96. The summed E-state index contributed by atoms with van der Waals surface area (Å²) in [7, 11) is 0. The van der Waals surface area contributed by atoms with Gasteiger partial charge in [-0.1, -0.05) is 202 Å². The van der Waals surface area contributed by atoms with E-state index in [-0.39, 0.29) is 0 Å². The molecule has 0 saturated heterocycles. The first-order chi connectivity index (χ1) is 37.0. The number of hydrogen-bond donors (Lipinski definition) is 0. The van der Waals surface area contributed by atoms with Crippen molar-refractivity contribution in [1.29, 1.82) is 0 Å². The summed E-state index contributed by atoms with van der Waals surface area (Å²) in [6.45, 7) is 12.6. The predicted octanol–water partition coefficient (Wildman–Crippen LogP) is 17.7. The molecule has 350 valence electrons. The van der Waals surface area contributed by atoms with Crippen LogP contribution in [0.3, 0.4) is 0 Å². The van der Waals surface area contributed by atoms with Crippen LogP contribution in [0.1, 0.15) is 16.7 Å². The van der Waals surface area contributed by atoms with Crippen molar-refractivity contribution >= 4 is 93.7 Å². The van der Waals surface area contributed by atoms with Gasteiger partial charge in [-0.2, -0.15) is 0 Å². The van der Waals surface area contributed by atoms with Crippen LogP contribution in [0.2, 0.25) is 0 Å². The molecule has 2 nitrogen and oxygen atoms in total. The van der Waals surface area contributed by atoms with E-state index in [4.69, 9.17) is 0 Å². The Morgan fingerprint density at radius 3 is 1.77 bits per heavy atom. The van der Waals surface area contributed by atoms with Crippen LogP contribution < -0.4 is 10.4 Å². The van der Waals surface area contributed by atoms with Gasteiger partial charge < -0.3 is 9.13 Å². The van der Waals surface area contributed by atoms with E-state index in [9.17, 15) is 0 Å². The molecule has 0 atom stereocenters. The quantitative estimate of drug-likeness (QED) is 0.163. The lowest BCUT2D eigenvalue weighted by molar-refractivity contribution is 1.19. The van der Waals surface area contributed by atoms with Gasteiger partial charge in [0.2, 0.25) is 0 Å². The molecule has 0 saturated carbocycles. The highest BCUT2D eigenvalue weighted by atomic mass is 15.0. The topological polar surface area (TPSA) is 9.86 Å². The van der Waals surface area contributed by atoms with Crippen LogP contribution in [-0.2, 0) is 6.42 Å². The number of nitrogens with zero attached hydrogens (tertiary/aromatic N) is 2. The molecule has 0 N–H and O–H groups in total. The first-order valence-corrected chi connectivity index (χ1v) is 25.9. The average Bonchev–Trinajstić information content (AvgIpc) is 4.20. The number of aromatic nitrogens is 2. The fourth-order valence-corrected chi connectivity index (χ4v) is 12.6. The Bertz CT molecular complexity index is 4900. The monoisotopic (exact) mass is 952 g/mol. The molecule has 16 rings (SSSR count). The van der Waals surface area contributed by atoms with E-state index in [2.05, 4.69) is 265 Å². The van der Waals surface area contributed by atoms with Gasteiger partial charge in [-0.3, -0.25) is 0 Å². The first kappa shape index (κ1) is 42.9. The molecule has 0 radical (unpaired) electrons. The Hall–Kier alpha value is -9.76. The Kier molecular flexibility index (Phi) is 9.52. The van der Waals surface area contributed by atoms with Crippen LogP contribution in [-0.4, -0.2) is 9.13 Å². The Balaban J connectivity index is 0.000000330. The second kappa shape index (κ2) is 16.6. The minimum atomic E-state index is 1.02. The molecule has 2 aromatic heterocycles. The lowest BCUT2D eigenvalue weighted by Gasteiger charge is -2.12. The van der Waals surface area contributed by atoms with Crippen molar-refractivity contribution in [2.45, 2.75) is 6.42 Å². The zero-order chi connectivity index (χ0) is 49.9. The molecule has 0 aliphatic heterocycles. The Morgan fingerprint density at radius 2 is 0.960 bits per heavy atom. The van der Waals surface area contributed by atoms with Gasteiger partial charge in [0.1, 0.15) is 0 Å². The Morgan fingerprint density at radius 1 is 0.360 bits per heavy atom. The van der Waals surface area contributed by atoms with E-state index in [1.54, 1.807) is 0 Å². The van der Waals surface area contributed by atoms with E-state index >= 15 is 0 Å². The second-order valence-corrected chi connectivity index (χ2v) is 20.2. The van der Waals surface area contributed by atoms with Crippen molar-refractivity contribution in [1.82, 2.24) is 9.13 Å². The number of rotatable bonds is 5. The molecule has 14 aromatic rings. The van der Waals surface area contributed by atoms with Gasteiger partial charge in [-0.15, -0.1) is 0 Å². The fraction of sp³-hybridized carbons (Fsp3) is 0.0137. The van der Waals surface area contributed by atoms with E-state index in [1.165, 1.54) is 142 Å². The highest BCUT2D eigenvalue weighted by molar-refractivity contribution is 6.19.